The van der Waals surface area contributed by atoms with E-state index in [2.05, 4.69) is 49.1 Å². The first-order valence-corrected chi connectivity index (χ1v) is 8.66. The summed E-state index contributed by atoms with van der Waals surface area (Å²) in [5.74, 6) is 0. The fourth-order valence-electron chi connectivity index (χ4n) is 3.31. The van der Waals surface area contributed by atoms with Gasteiger partial charge in [0.25, 0.3) is 0 Å². The second-order valence-electron chi connectivity index (χ2n) is 6.52. The summed E-state index contributed by atoms with van der Waals surface area (Å²) in [7, 11) is 0. The quantitative estimate of drug-likeness (QED) is 0.662. The highest BCUT2D eigenvalue weighted by molar-refractivity contribution is 5.14. The number of benzene rings is 1. The van der Waals surface area contributed by atoms with Crippen molar-refractivity contribution in [3.63, 3.8) is 0 Å². The Labute approximate surface area is 130 Å². The van der Waals surface area contributed by atoms with Gasteiger partial charge in [0.15, 0.2) is 0 Å². The van der Waals surface area contributed by atoms with Crippen molar-refractivity contribution in [2.45, 2.75) is 64.6 Å². The third-order valence-corrected chi connectivity index (χ3v) is 4.28. The van der Waals surface area contributed by atoms with Crippen molar-refractivity contribution in [2.24, 2.45) is 0 Å². The van der Waals surface area contributed by atoms with Crippen LogP contribution in [0.5, 0.6) is 0 Å². The molecule has 0 saturated carbocycles. The summed E-state index contributed by atoms with van der Waals surface area (Å²) in [6.45, 7) is 7.84. The molecule has 1 saturated heterocycles. The second kappa shape index (κ2) is 9.22. The van der Waals surface area contributed by atoms with Crippen molar-refractivity contribution in [3.05, 3.63) is 35.9 Å². The van der Waals surface area contributed by atoms with Crippen molar-refractivity contribution in [1.82, 2.24) is 4.90 Å². The Morgan fingerprint density at radius 3 is 2.24 bits per heavy atom. The number of ether oxygens (including phenoxy) is 1. The monoisotopic (exact) mass is 289 g/mol. The second-order valence-corrected chi connectivity index (χ2v) is 6.52. The number of rotatable bonds is 8. The van der Waals surface area contributed by atoms with Crippen LogP contribution < -0.4 is 0 Å². The van der Waals surface area contributed by atoms with E-state index in [0.717, 1.165) is 13.1 Å². The van der Waals surface area contributed by atoms with Gasteiger partial charge in [-0.2, -0.15) is 0 Å². The van der Waals surface area contributed by atoms with Crippen LogP contribution in [-0.2, 0) is 11.2 Å². The molecule has 1 aliphatic rings. The molecule has 1 aromatic carbocycles. The molecule has 0 aromatic heterocycles. The van der Waals surface area contributed by atoms with Crippen molar-refractivity contribution in [2.75, 3.05) is 19.6 Å². The van der Waals surface area contributed by atoms with Crippen LogP contribution in [0.3, 0.4) is 0 Å². The average molecular weight is 289 g/mol. The molecule has 2 nitrogen and oxygen atoms in total. The Hall–Kier alpha value is -0.860. The SMILES string of the molecule is CC1CN(CCCCCCCc2ccccc2)CC(C)O1. The lowest BCUT2D eigenvalue weighted by atomic mass is 10.1. The van der Waals surface area contributed by atoms with Gasteiger partial charge in [-0.1, -0.05) is 49.6 Å². The molecule has 0 N–H and O–H groups in total. The van der Waals surface area contributed by atoms with E-state index in [1.54, 1.807) is 0 Å². The van der Waals surface area contributed by atoms with E-state index in [-0.39, 0.29) is 0 Å². The van der Waals surface area contributed by atoms with Crippen LogP contribution in [0.4, 0.5) is 0 Å². The van der Waals surface area contributed by atoms with Gasteiger partial charge in [0, 0.05) is 13.1 Å². The number of hydrogen-bond acceptors (Lipinski definition) is 2. The molecule has 0 bridgehead atoms. The molecule has 21 heavy (non-hydrogen) atoms. The highest BCUT2D eigenvalue weighted by Crippen LogP contribution is 2.13. The Bertz CT molecular complexity index is 368. The van der Waals surface area contributed by atoms with E-state index in [0.29, 0.717) is 12.2 Å². The average Bonchev–Trinajstić information content (AvgIpc) is 2.46. The molecular weight excluding hydrogens is 258 g/mol. The number of unbranched alkanes of at least 4 members (excludes halogenated alkanes) is 4. The van der Waals surface area contributed by atoms with E-state index in [9.17, 15) is 0 Å². The zero-order valence-electron chi connectivity index (χ0n) is 13.8. The van der Waals surface area contributed by atoms with Gasteiger partial charge in [-0.05, 0) is 45.2 Å². The van der Waals surface area contributed by atoms with Crippen molar-refractivity contribution in [1.29, 1.82) is 0 Å². The van der Waals surface area contributed by atoms with Gasteiger partial charge in [-0.15, -0.1) is 0 Å². The minimum Gasteiger partial charge on any atom is -0.373 e. The number of aryl methyl sites for hydroxylation is 1. The first-order chi connectivity index (χ1) is 10.2. The maximum absolute atomic E-state index is 5.78. The minimum absolute atomic E-state index is 0.402. The fourth-order valence-corrected chi connectivity index (χ4v) is 3.31. The lowest BCUT2D eigenvalue weighted by molar-refractivity contribution is -0.0681. The van der Waals surface area contributed by atoms with Gasteiger partial charge in [0.05, 0.1) is 12.2 Å². The molecule has 0 amide bonds. The van der Waals surface area contributed by atoms with E-state index in [1.165, 1.54) is 50.6 Å². The standard InChI is InChI=1S/C19H31NO/c1-17-15-20(16-18(2)21-17)14-10-5-3-4-7-11-19-12-8-6-9-13-19/h6,8-9,12-13,17-18H,3-5,7,10-11,14-16H2,1-2H3. The summed E-state index contributed by atoms with van der Waals surface area (Å²) in [5, 5.41) is 0. The van der Waals surface area contributed by atoms with E-state index >= 15 is 0 Å². The Balaban J connectivity index is 1.47. The van der Waals surface area contributed by atoms with Crippen molar-refractivity contribution >= 4 is 0 Å². The number of morpholine rings is 1. The molecule has 1 heterocycles. The van der Waals surface area contributed by atoms with Crippen LogP contribution in [0.1, 0.15) is 51.5 Å². The van der Waals surface area contributed by atoms with Gasteiger partial charge in [0.2, 0.25) is 0 Å². The van der Waals surface area contributed by atoms with E-state index in [4.69, 9.17) is 4.74 Å². The molecule has 1 aromatic rings. The third-order valence-electron chi connectivity index (χ3n) is 4.28. The smallest absolute Gasteiger partial charge is 0.0678 e. The number of nitrogens with zero attached hydrogens (tertiary/aromatic N) is 1. The lowest BCUT2D eigenvalue weighted by Crippen LogP contribution is -2.45. The van der Waals surface area contributed by atoms with Gasteiger partial charge in [-0.3, -0.25) is 4.90 Å². The van der Waals surface area contributed by atoms with Crippen molar-refractivity contribution < 1.29 is 4.74 Å². The predicted molar refractivity (Wildman–Crippen MR) is 89.7 cm³/mol. The molecule has 2 rings (SSSR count). The van der Waals surface area contributed by atoms with E-state index < -0.39 is 0 Å². The van der Waals surface area contributed by atoms with Gasteiger partial charge in [0.1, 0.15) is 0 Å². The van der Waals surface area contributed by atoms with Crippen LogP contribution >= 0.6 is 0 Å². The molecule has 2 unspecified atom stereocenters. The Morgan fingerprint density at radius 1 is 0.905 bits per heavy atom. The summed E-state index contributed by atoms with van der Waals surface area (Å²) < 4.78 is 5.78. The minimum atomic E-state index is 0.402. The first kappa shape index (κ1) is 16.5. The molecule has 1 fully saturated rings. The maximum atomic E-state index is 5.78. The molecule has 0 aliphatic carbocycles. The molecule has 0 radical (unpaired) electrons. The molecular formula is C19H31NO. The summed E-state index contributed by atoms with van der Waals surface area (Å²) in [5.41, 5.74) is 1.48. The summed E-state index contributed by atoms with van der Waals surface area (Å²) >= 11 is 0. The van der Waals surface area contributed by atoms with E-state index in [1.807, 2.05) is 0 Å². The fraction of sp³-hybridized carbons (Fsp3) is 0.684. The third kappa shape index (κ3) is 6.62. The number of hydrogen-bond donors (Lipinski definition) is 0. The summed E-state index contributed by atoms with van der Waals surface area (Å²) in [4.78, 5) is 2.57. The zero-order valence-corrected chi connectivity index (χ0v) is 13.8. The van der Waals surface area contributed by atoms with Crippen LogP contribution in [0, 0.1) is 0 Å². The predicted octanol–water partition coefficient (Wildman–Crippen LogP) is 4.29. The first-order valence-electron chi connectivity index (χ1n) is 8.66. The Kier molecular flexibility index (Phi) is 7.25. The zero-order chi connectivity index (χ0) is 14.9. The van der Waals surface area contributed by atoms with Crippen LogP contribution in [-0.4, -0.2) is 36.7 Å². The molecule has 2 heteroatoms. The van der Waals surface area contributed by atoms with Crippen LogP contribution in [0.15, 0.2) is 30.3 Å². The maximum Gasteiger partial charge on any atom is 0.0678 e. The van der Waals surface area contributed by atoms with Crippen LogP contribution in [0.2, 0.25) is 0 Å². The van der Waals surface area contributed by atoms with Gasteiger partial charge < -0.3 is 4.74 Å². The molecule has 1 aliphatic heterocycles. The molecule has 0 spiro atoms. The largest absolute Gasteiger partial charge is 0.373 e. The highest BCUT2D eigenvalue weighted by atomic mass is 16.5. The van der Waals surface area contributed by atoms with Crippen molar-refractivity contribution in [3.8, 4) is 0 Å². The topological polar surface area (TPSA) is 12.5 Å². The lowest BCUT2D eigenvalue weighted by Gasteiger charge is -2.35. The molecule has 2 atom stereocenters. The van der Waals surface area contributed by atoms with Gasteiger partial charge in [-0.25, -0.2) is 0 Å². The van der Waals surface area contributed by atoms with Gasteiger partial charge >= 0.3 is 0 Å². The molecule has 118 valence electrons. The Morgan fingerprint density at radius 2 is 1.52 bits per heavy atom. The summed E-state index contributed by atoms with van der Waals surface area (Å²) in [6, 6.07) is 10.8. The highest BCUT2D eigenvalue weighted by Gasteiger charge is 2.21. The summed E-state index contributed by atoms with van der Waals surface area (Å²) in [6.07, 6.45) is 8.82. The van der Waals surface area contributed by atoms with Crippen LogP contribution in [0.25, 0.3) is 0 Å². The normalized spacial score (nSPS) is 23.3.